The summed E-state index contributed by atoms with van der Waals surface area (Å²) in [6.45, 7) is 9.86. The van der Waals surface area contributed by atoms with Crippen molar-refractivity contribution >= 4 is 25.3 Å². The Kier molecular flexibility index (Phi) is 7.27. The molecule has 2 aliphatic rings. The Balaban J connectivity index is 0.00000144. The van der Waals surface area contributed by atoms with Crippen LogP contribution in [0.5, 0.6) is 0 Å². The van der Waals surface area contributed by atoms with Crippen LogP contribution in [0.25, 0.3) is 0 Å². The molecule has 0 fully saturated rings. The molecule has 0 saturated heterocycles. The molecular weight excluding hydrogens is 322 g/mol. The van der Waals surface area contributed by atoms with Gasteiger partial charge in [-0.15, -0.1) is 0 Å². The summed E-state index contributed by atoms with van der Waals surface area (Å²) in [6, 6.07) is 6.21. The second-order valence-corrected chi connectivity index (χ2v) is 6.52. The van der Waals surface area contributed by atoms with Crippen LogP contribution >= 0.6 is 13.5 Å². The Labute approximate surface area is 152 Å². The van der Waals surface area contributed by atoms with Crippen molar-refractivity contribution in [1.29, 1.82) is 0 Å². The van der Waals surface area contributed by atoms with E-state index in [1.54, 1.807) is 0 Å². The SMILES string of the molecule is C.CC(C)[C@@H]1COC(c2cccc(C3=N[C@H](C(C)C)CO3)n2)=N1.S. The Hall–Kier alpha value is -1.56. The molecule has 0 bridgehead atoms. The highest BCUT2D eigenvalue weighted by Gasteiger charge is 2.26. The molecule has 0 spiro atoms. The van der Waals surface area contributed by atoms with Crippen LogP contribution < -0.4 is 0 Å². The molecule has 0 saturated carbocycles. The molecule has 0 amide bonds. The van der Waals surface area contributed by atoms with E-state index in [1.165, 1.54) is 0 Å². The number of hydrogen-bond acceptors (Lipinski definition) is 5. The first-order valence-corrected chi connectivity index (χ1v) is 7.93. The van der Waals surface area contributed by atoms with Gasteiger partial charge in [0, 0.05) is 0 Å². The average molecular weight is 352 g/mol. The Morgan fingerprint density at radius 1 is 0.875 bits per heavy atom. The van der Waals surface area contributed by atoms with Crippen molar-refractivity contribution in [2.24, 2.45) is 21.8 Å². The second-order valence-electron chi connectivity index (χ2n) is 6.52. The van der Waals surface area contributed by atoms with Crippen molar-refractivity contribution in [2.45, 2.75) is 47.2 Å². The van der Waals surface area contributed by atoms with Gasteiger partial charge >= 0.3 is 0 Å². The first kappa shape index (κ1) is 20.5. The highest BCUT2D eigenvalue weighted by Crippen LogP contribution is 2.19. The fourth-order valence-electron chi connectivity index (χ4n) is 2.42. The third-order valence-electron chi connectivity index (χ3n) is 4.07. The number of ether oxygens (including phenoxy) is 2. The summed E-state index contributed by atoms with van der Waals surface area (Å²) in [6.07, 6.45) is 0. The molecule has 0 radical (unpaired) electrons. The van der Waals surface area contributed by atoms with Crippen molar-refractivity contribution in [1.82, 2.24) is 4.98 Å². The predicted octanol–water partition coefficient (Wildman–Crippen LogP) is 3.43. The van der Waals surface area contributed by atoms with Crippen LogP contribution in [0, 0.1) is 11.8 Å². The highest BCUT2D eigenvalue weighted by molar-refractivity contribution is 7.59. The molecular formula is C18H29N3O2S. The van der Waals surface area contributed by atoms with Gasteiger partial charge in [0.05, 0.1) is 12.1 Å². The molecule has 3 rings (SSSR count). The van der Waals surface area contributed by atoms with Gasteiger partial charge in [-0.05, 0) is 24.0 Å². The van der Waals surface area contributed by atoms with Gasteiger partial charge in [-0.2, -0.15) is 13.5 Å². The van der Waals surface area contributed by atoms with Gasteiger partial charge in [-0.3, -0.25) is 0 Å². The number of pyridine rings is 1. The largest absolute Gasteiger partial charge is 0.474 e. The number of aromatic nitrogens is 1. The lowest BCUT2D eigenvalue weighted by Crippen LogP contribution is -2.13. The smallest absolute Gasteiger partial charge is 0.235 e. The number of rotatable bonds is 4. The maximum atomic E-state index is 5.70. The predicted molar refractivity (Wildman–Crippen MR) is 104 cm³/mol. The maximum Gasteiger partial charge on any atom is 0.235 e. The number of aliphatic imine (C=N–C) groups is 2. The van der Waals surface area contributed by atoms with E-state index in [9.17, 15) is 0 Å². The zero-order valence-corrected chi connectivity index (χ0v) is 15.1. The standard InChI is InChI=1S/C17H23N3O2.CH4.H2S/c1-10(2)14-8-21-16(19-14)12-6-5-7-13(18-12)17-20-15(9-22-17)11(3)4;;/h5-7,10-11,14-15H,8-9H2,1-4H3;1H4;1H2/t14-,15-;;/m0../s1. The fourth-order valence-corrected chi connectivity index (χ4v) is 2.42. The average Bonchev–Trinajstić information content (AvgIpc) is 3.17. The van der Waals surface area contributed by atoms with Crippen LogP contribution in [0.3, 0.4) is 0 Å². The quantitative estimate of drug-likeness (QED) is 0.835. The summed E-state index contributed by atoms with van der Waals surface area (Å²) in [5, 5.41) is 0. The first-order chi connectivity index (χ1) is 10.5. The lowest BCUT2D eigenvalue weighted by atomic mass is 10.1. The van der Waals surface area contributed by atoms with Crippen LogP contribution in [0.4, 0.5) is 0 Å². The molecule has 6 heteroatoms. The Morgan fingerprint density at radius 3 is 1.62 bits per heavy atom. The van der Waals surface area contributed by atoms with E-state index >= 15 is 0 Å². The van der Waals surface area contributed by atoms with Crippen LogP contribution in [0.2, 0.25) is 0 Å². The van der Waals surface area contributed by atoms with Gasteiger partial charge in [0.2, 0.25) is 11.8 Å². The monoisotopic (exact) mass is 351 g/mol. The van der Waals surface area contributed by atoms with Gasteiger partial charge in [0.25, 0.3) is 0 Å². The van der Waals surface area contributed by atoms with Crippen molar-refractivity contribution in [3.05, 3.63) is 29.6 Å². The van der Waals surface area contributed by atoms with E-state index < -0.39 is 0 Å². The topological polar surface area (TPSA) is 56.1 Å². The minimum Gasteiger partial charge on any atom is -0.474 e. The molecule has 5 nitrogen and oxygen atoms in total. The Bertz CT molecular complexity index is 565. The van der Waals surface area contributed by atoms with Gasteiger partial charge in [-0.25, -0.2) is 15.0 Å². The lowest BCUT2D eigenvalue weighted by Gasteiger charge is -2.06. The van der Waals surface area contributed by atoms with E-state index in [2.05, 4.69) is 42.7 Å². The molecule has 2 atom stereocenters. The van der Waals surface area contributed by atoms with Crippen molar-refractivity contribution < 1.29 is 9.47 Å². The summed E-state index contributed by atoms with van der Waals surface area (Å²) in [4.78, 5) is 13.9. The zero-order chi connectivity index (χ0) is 15.7. The highest BCUT2D eigenvalue weighted by atomic mass is 32.1. The molecule has 1 aromatic rings. The van der Waals surface area contributed by atoms with Crippen LogP contribution in [-0.4, -0.2) is 42.1 Å². The summed E-state index contributed by atoms with van der Waals surface area (Å²) in [5.41, 5.74) is 1.50. The van der Waals surface area contributed by atoms with Crippen LogP contribution in [0.15, 0.2) is 28.2 Å². The summed E-state index contributed by atoms with van der Waals surface area (Å²) >= 11 is 0. The summed E-state index contributed by atoms with van der Waals surface area (Å²) < 4.78 is 11.4. The Morgan fingerprint density at radius 2 is 1.29 bits per heavy atom. The minimum absolute atomic E-state index is 0. The van der Waals surface area contributed by atoms with E-state index in [4.69, 9.17) is 9.47 Å². The summed E-state index contributed by atoms with van der Waals surface area (Å²) in [7, 11) is 0. The van der Waals surface area contributed by atoms with E-state index in [-0.39, 0.29) is 33.0 Å². The van der Waals surface area contributed by atoms with E-state index in [0.717, 1.165) is 11.4 Å². The van der Waals surface area contributed by atoms with Crippen LogP contribution in [0.1, 0.15) is 46.5 Å². The minimum atomic E-state index is 0. The van der Waals surface area contributed by atoms with E-state index in [1.807, 2.05) is 18.2 Å². The number of hydrogen-bond donors (Lipinski definition) is 0. The molecule has 0 unspecified atom stereocenters. The van der Waals surface area contributed by atoms with E-state index in [0.29, 0.717) is 36.8 Å². The third-order valence-corrected chi connectivity index (χ3v) is 4.07. The molecule has 0 aromatic carbocycles. The van der Waals surface area contributed by atoms with Crippen molar-refractivity contribution in [3.63, 3.8) is 0 Å². The summed E-state index contributed by atoms with van der Waals surface area (Å²) in [5.74, 6) is 2.18. The van der Waals surface area contributed by atoms with Crippen molar-refractivity contribution in [2.75, 3.05) is 13.2 Å². The number of nitrogens with zero attached hydrogens (tertiary/aromatic N) is 3. The van der Waals surface area contributed by atoms with Gasteiger partial charge in [0.1, 0.15) is 24.6 Å². The van der Waals surface area contributed by atoms with Gasteiger partial charge in [-0.1, -0.05) is 41.2 Å². The van der Waals surface area contributed by atoms with Crippen molar-refractivity contribution in [3.8, 4) is 0 Å². The molecule has 3 heterocycles. The molecule has 0 aliphatic carbocycles. The van der Waals surface area contributed by atoms with Crippen LogP contribution in [-0.2, 0) is 9.47 Å². The fraction of sp³-hybridized carbons (Fsp3) is 0.611. The molecule has 2 aliphatic heterocycles. The van der Waals surface area contributed by atoms with Gasteiger partial charge < -0.3 is 9.47 Å². The molecule has 0 N–H and O–H groups in total. The molecule has 24 heavy (non-hydrogen) atoms. The van der Waals surface area contributed by atoms with Gasteiger partial charge in [0.15, 0.2) is 0 Å². The third kappa shape index (κ3) is 4.29. The normalized spacial score (nSPS) is 22.2. The molecule has 1 aromatic heterocycles. The zero-order valence-electron chi connectivity index (χ0n) is 14.1. The molecule has 134 valence electrons. The lowest BCUT2D eigenvalue weighted by molar-refractivity contribution is 0.290. The maximum absolute atomic E-state index is 5.70. The first-order valence-electron chi connectivity index (χ1n) is 7.93. The second kappa shape index (κ2) is 8.51.